The van der Waals surface area contributed by atoms with Gasteiger partial charge >= 0.3 is 0 Å². The van der Waals surface area contributed by atoms with E-state index in [0.717, 1.165) is 29.5 Å². The van der Waals surface area contributed by atoms with Gasteiger partial charge in [0.25, 0.3) is 0 Å². The fraction of sp³-hybridized carbons (Fsp3) is 0.778. The number of fused-ring (bicyclic) bond motifs is 1. The highest BCUT2D eigenvalue weighted by Gasteiger charge is 2.46. The number of aromatic nitrogens is 1. The molecule has 3 fully saturated rings. The Labute approximate surface area is 142 Å². The number of carbonyl (C=O) groups is 1. The molecule has 0 aromatic carbocycles. The number of nitrogens with zero attached hydrogens (tertiary/aromatic N) is 3. The number of amides is 1. The van der Waals surface area contributed by atoms with Crippen molar-refractivity contribution in [1.29, 1.82) is 0 Å². The molecule has 23 heavy (non-hydrogen) atoms. The smallest absolute Gasteiger partial charge is 0.224 e. The number of aryl methyl sites for hydroxylation is 1. The summed E-state index contributed by atoms with van der Waals surface area (Å²) in [4.78, 5) is 21.8. The van der Waals surface area contributed by atoms with Crippen molar-refractivity contribution < 1.29 is 4.79 Å². The molecule has 4 nitrogen and oxygen atoms in total. The third kappa shape index (κ3) is 3.18. The Morgan fingerprint density at radius 1 is 1.22 bits per heavy atom. The second-order valence-corrected chi connectivity index (χ2v) is 8.57. The van der Waals surface area contributed by atoms with Crippen LogP contribution in [0.4, 0.5) is 0 Å². The number of rotatable bonds is 4. The molecule has 0 radical (unpaired) electrons. The molecule has 0 bridgehead atoms. The normalized spacial score (nSPS) is 29.4. The molecule has 1 amide bonds. The van der Waals surface area contributed by atoms with Crippen molar-refractivity contribution in [2.24, 2.45) is 5.92 Å². The van der Waals surface area contributed by atoms with Gasteiger partial charge < -0.3 is 4.90 Å². The van der Waals surface area contributed by atoms with Gasteiger partial charge in [0.05, 0.1) is 17.2 Å². The van der Waals surface area contributed by atoms with E-state index in [1.54, 1.807) is 11.3 Å². The van der Waals surface area contributed by atoms with E-state index in [9.17, 15) is 4.79 Å². The first-order valence-corrected chi connectivity index (χ1v) is 10.0. The fourth-order valence-electron chi connectivity index (χ4n) is 4.80. The van der Waals surface area contributed by atoms with E-state index in [-0.39, 0.29) is 0 Å². The lowest BCUT2D eigenvalue weighted by Crippen LogP contribution is -2.39. The molecule has 3 heterocycles. The Morgan fingerprint density at radius 3 is 2.78 bits per heavy atom. The Bertz CT molecular complexity index is 566. The molecule has 2 atom stereocenters. The Balaban J connectivity index is 1.40. The van der Waals surface area contributed by atoms with Crippen LogP contribution in [0.15, 0.2) is 5.38 Å². The summed E-state index contributed by atoms with van der Waals surface area (Å²) < 4.78 is 0. The molecule has 3 aliphatic rings. The van der Waals surface area contributed by atoms with Crippen LogP contribution >= 0.6 is 11.3 Å². The first-order chi connectivity index (χ1) is 11.2. The predicted molar refractivity (Wildman–Crippen MR) is 92.4 cm³/mol. The van der Waals surface area contributed by atoms with Gasteiger partial charge in [-0.1, -0.05) is 19.3 Å². The van der Waals surface area contributed by atoms with E-state index in [2.05, 4.69) is 20.2 Å². The van der Waals surface area contributed by atoms with Crippen molar-refractivity contribution in [3.63, 3.8) is 0 Å². The minimum absolute atomic E-state index is 0.332. The lowest BCUT2D eigenvalue weighted by Gasteiger charge is -2.30. The van der Waals surface area contributed by atoms with Crippen molar-refractivity contribution in [2.45, 2.75) is 70.5 Å². The van der Waals surface area contributed by atoms with Crippen LogP contribution in [-0.2, 0) is 11.3 Å². The second-order valence-electron chi connectivity index (χ2n) is 7.51. The lowest BCUT2D eigenvalue weighted by atomic mass is 9.89. The molecule has 126 valence electrons. The largest absolute Gasteiger partial charge is 0.332 e. The zero-order valence-electron chi connectivity index (χ0n) is 14.0. The summed E-state index contributed by atoms with van der Waals surface area (Å²) in [7, 11) is 0. The topological polar surface area (TPSA) is 36.4 Å². The summed E-state index contributed by atoms with van der Waals surface area (Å²) in [6, 6.07) is 0.886. The summed E-state index contributed by atoms with van der Waals surface area (Å²) in [6.45, 7) is 5.13. The van der Waals surface area contributed by atoms with Crippen LogP contribution in [-0.4, -0.2) is 45.9 Å². The minimum Gasteiger partial charge on any atom is -0.332 e. The minimum atomic E-state index is 0.332. The van der Waals surface area contributed by atoms with Gasteiger partial charge in [0.15, 0.2) is 0 Å². The van der Waals surface area contributed by atoms with Gasteiger partial charge in [-0.2, -0.15) is 0 Å². The highest BCUT2D eigenvalue weighted by Crippen LogP contribution is 2.35. The summed E-state index contributed by atoms with van der Waals surface area (Å²) >= 11 is 1.68. The van der Waals surface area contributed by atoms with Crippen LogP contribution < -0.4 is 0 Å². The van der Waals surface area contributed by atoms with Gasteiger partial charge in [0.2, 0.25) is 5.91 Å². The molecule has 0 spiro atoms. The molecular formula is C18H27N3OS. The van der Waals surface area contributed by atoms with Crippen LogP contribution in [0, 0.1) is 12.8 Å². The van der Waals surface area contributed by atoms with Crippen LogP contribution in [0.5, 0.6) is 0 Å². The van der Waals surface area contributed by atoms with Gasteiger partial charge in [-0.15, -0.1) is 11.3 Å². The van der Waals surface area contributed by atoms with Crippen LogP contribution in [0.1, 0.15) is 55.6 Å². The molecule has 0 N–H and O–H groups in total. The zero-order chi connectivity index (χ0) is 15.8. The standard InChI is InChI=1S/C18H27N3OS/c1-13-19-15(12-23-13)11-21-16-7-8-20(17(16)9-18(21)22)10-14-5-3-2-4-6-14/h12,14,16-17H,2-11H2,1H3/t16-,17-/m0/s1. The predicted octanol–water partition coefficient (Wildman–Crippen LogP) is 3.21. The summed E-state index contributed by atoms with van der Waals surface area (Å²) in [5.41, 5.74) is 1.06. The number of thiazole rings is 1. The molecule has 2 aliphatic heterocycles. The summed E-state index contributed by atoms with van der Waals surface area (Å²) in [6.07, 6.45) is 8.88. The number of hydrogen-bond donors (Lipinski definition) is 0. The van der Waals surface area contributed by atoms with Gasteiger partial charge in [0.1, 0.15) is 0 Å². The molecule has 2 saturated heterocycles. The van der Waals surface area contributed by atoms with Crippen molar-refractivity contribution in [3.05, 3.63) is 16.1 Å². The second kappa shape index (κ2) is 6.52. The molecule has 1 aromatic heterocycles. The summed E-state index contributed by atoms with van der Waals surface area (Å²) in [5, 5.41) is 3.19. The first kappa shape index (κ1) is 15.6. The summed E-state index contributed by atoms with van der Waals surface area (Å²) in [5.74, 6) is 1.20. The van der Waals surface area contributed by atoms with Crippen molar-refractivity contribution >= 4 is 17.2 Å². The van der Waals surface area contributed by atoms with Crippen molar-refractivity contribution in [3.8, 4) is 0 Å². The molecule has 0 unspecified atom stereocenters. The zero-order valence-corrected chi connectivity index (χ0v) is 14.9. The number of hydrogen-bond acceptors (Lipinski definition) is 4. The molecule has 4 rings (SSSR count). The van der Waals surface area contributed by atoms with Gasteiger partial charge in [-0.05, 0) is 32.1 Å². The van der Waals surface area contributed by atoms with E-state index >= 15 is 0 Å². The van der Waals surface area contributed by atoms with Crippen LogP contribution in [0.2, 0.25) is 0 Å². The highest BCUT2D eigenvalue weighted by atomic mass is 32.1. The molecule has 1 aromatic rings. The average Bonchev–Trinajstić information content (AvgIpc) is 3.21. The van der Waals surface area contributed by atoms with Crippen molar-refractivity contribution in [2.75, 3.05) is 13.1 Å². The van der Waals surface area contributed by atoms with E-state index in [0.29, 0.717) is 24.5 Å². The van der Waals surface area contributed by atoms with Crippen molar-refractivity contribution in [1.82, 2.24) is 14.8 Å². The Morgan fingerprint density at radius 2 is 2.04 bits per heavy atom. The van der Waals surface area contributed by atoms with Gasteiger partial charge in [-0.3, -0.25) is 9.69 Å². The maximum atomic E-state index is 12.5. The first-order valence-electron chi connectivity index (χ1n) is 9.15. The third-order valence-electron chi connectivity index (χ3n) is 5.95. The molecular weight excluding hydrogens is 306 g/mol. The van der Waals surface area contributed by atoms with Crippen LogP contribution in [0.25, 0.3) is 0 Å². The van der Waals surface area contributed by atoms with E-state index in [1.165, 1.54) is 45.2 Å². The average molecular weight is 334 g/mol. The maximum Gasteiger partial charge on any atom is 0.224 e. The van der Waals surface area contributed by atoms with E-state index < -0.39 is 0 Å². The monoisotopic (exact) mass is 333 g/mol. The van der Waals surface area contributed by atoms with Gasteiger partial charge in [0, 0.05) is 37.0 Å². The molecule has 1 saturated carbocycles. The highest BCUT2D eigenvalue weighted by molar-refractivity contribution is 7.09. The van der Waals surface area contributed by atoms with E-state index in [4.69, 9.17) is 0 Å². The Hall–Kier alpha value is -0.940. The molecule has 5 heteroatoms. The SMILES string of the molecule is Cc1nc(CN2C(=O)C[C@H]3[C@@H]2CCN3CC2CCCCC2)cs1. The van der Waals surface area contributed by atoms with Gasteiger partial charge in [-0.25, -0.2) is 4.98 Å². The maximum absolute atomic E-state index is 12.5. The van der Waals surface area contributed by atoms with Crippen LogP contribution in [0.3, 0.4) is 0 Å². The Kier molecular flexibility index (Phi) is 4.41. The lowest BCUT2D eigenvalue weighted by molar-refractivity contribution is -0.129. The number of likely N-dealkylation sites (tertiary alicyclic amines) is 2. The number of carbonyl (C=O) groups excluding carboxylic acids is 1. The molecule has 1 aliphatic carbocycles. The van der Waals surface area contributed by atoms with E-state index in [1.807, 2.05) is 6.92 Å². The third-order valence-corrected chi connectivity index (χ3v) is 6.77. The fourth-order valence-corrected chi connectivity index (χ4v) is 5.40. The quantitative estimate of drug-likeness (QED) is 0.849.